The molecule has 0 bridgehead atoms. The third kappa shape index (κ3) is 4.74. The number of rotatable bonds is 5. The lowest BCUT2D eigenvalue weighted by molar-refractivity contribution is -0.119. The first-order valence-corrected chi connectivity index (χ1v) is 6.79. The molecule has 0 saturated carbocycles. The van der Waals surface area contributed by atoms with Crippen LogP contribution >= 0.6 is 0 Å². The fourth-order valence-electron chi connectivity index (χ4n) is 1.81. The number of halogens is 1. The van der Waals surface area contributed by atoms with E-state index in [2.05, 4.69) is 5.32 Å². The molecule has 5 nitrogen and oxygen atoms in total. The number of hydrogen-bond donors (Lipinski definition) is 1. The van der Waals surface area contributed by atoms with Crippen LogP contribution in [0.1, 0.15) is 27.6 Å². The van der Waals surface area contributed by atoms with Crippen LogP contribution in [0.5, 0.6) is 0 Å². The van der Waals surface area contributed by atoms with E-state index in [0.29, 0.717) is 11.3 Å². The van der Waals surface area contributed by atoms with Crippen molar-refractivity contribution < 1.29 is 23.5 Å². The zero-order valence-corrected chi connectivity index (χ0v) is 12.3. The first-order valence-electron chi connectivity index (χ1n) is 6.79. The van der Waals surface area contributed by atoms with Crippen LogP contribution < -0.4 is 5.32 Å². The van der Waals surface area contributed by atoms with Gasteiger partial charge in [-0.05, 0) is 43.3 Å². The van der Waals surface area contributed by atoms with E-state index in [1.165, 1.54) is 25.1 Å². The summed E-state index contributed by atoms with van der Waals surface area (Å²) in [6, 6.07) is 11.2. The Kier molecular flexibility index (Phi) is 5.19. The van der Waals surface area contributed by atoms with Gasteiger partial charge in [0, 0.05) is 11.3 Å². The van der Waals surface area contributed by atoms with E-state index in [4.69, 9.17) is 4.74 Å². The summed E-state index contributed by atoms with van der Waals surface area (Å²) in [7, 11) is 0. The molecule has 0 spiro atoms. The molecule has 6 heteroatoms. The number of carbonyl (C=O) groups excluding carboxylic acids is 3. The highest BCUT2D eigenvalue weighted by molar-refractivity contribution is 5.98. The lowest BCUT2D eigenvalue weighted by atomic mass is 10.1. The third-order valence-corrected chi connectivity index (χ3v) is 2.97. The van der Waals surface area contributed by atoms with E-state index in [9.17, 15) is 18.8 Å². The zero-order chi connectivity index (χ0) is 16.8. The molecule has 23 heavy (non-hydrogen) atoms. The monoisotopic (exact) mass is 315 g/mol. The van der Waals surface area contributed by atoms with E-state index < -0.39 is 24.3 Å². The number of anilines is 1. The summed E-state index contributed by atoms with van der Waals surface area (Å²) in [5.41, 5.74) is 1.05. The van der Waals surface area contributed by atoms with E-state index in [1.54, 1.807) is 18.2 Å². The lowest BCUT2D eigenvalue weighted by Crippen LogP contribution is -2.21. The summed E-state index contributed by atoms with van der Waals surface area (Å²) in [6.45, 7) is 0.936. The molecule has 0 saturated heterocycles. The number of benzene rings is 2. The third-order valence-electron chi connectivity index (χ3n) is 2.97. The SMILES string of the molecule is CC(=O)c1cccc(NC(=O)COC(=O)c2ccc(F)cc2)c1. The molecule has 118 valence electrons. The van der Waals surface area contributed by atoms with Crippen LogP contribution in [0.4, 0.5) is 10.1 Å². The first-order chi connectivity index (χ1) is 11.0. The summed E-state index contributed by atoms with van der Waals surface area (Å²) in [5, 5.41) is 2.52. The molecule has 2 rings (SSSR count). The number of nitrogens with one attached hydrogen (secondary N) is 1. The molecular formula is C17H14FNO4. The molecule has 0 aliphatic carbocycles. The van der Waals surface area contributed by atoms with Crippen LogP contribution in [0.3, 0.4) is 0 Å². The highest BCUT2D eigenvalue weighted by Gasteiger charge is 2.11. The van der Waals surface area contributed by atoms with Gasteiger partial charge in [-0.25, -0.2) is 9.18 Å². The number of ether oxygens (including phenoxy) is 1. The topological polar surface area (TPSA) is 72.5 Å². The average Bonchev–Trinajstić information content (AvgIpc) is 2.53. The molecule has 0 atom stereocenters. The van der Waals surface area contributed by atoms with Crippen molar-refractivity contribution >= 4 is 23.3 Å². The predicted octanol–water partition coefficient (Wildman–Crippen LogP) is 2.82. The second-order valence-corrected chi connectivity index (χ2v) is 4.77. The van der Waals surface area contributed by atoms with Crippen LogP contribution in [0.15, 0.2) is 48.5 Å². The summed E-state index contributed by atoms with van der Waals surface area (Å²) in [5.74, 6) is -1.85. The second kappa shape index (κ2) is 7.31. The van der Waals surface area contributed by atoms with Crippen molar-refractivity contribution in [3.05, 3.63) is 65.5 Å². The molecule has 1 N–H and O–H groups in total. The highest BCUT2D eigenvalue weighted by Crippen LogP contribution is 2.11. The Labute approximate surface area is 132 Å². The number of ketones is 1. The summed E-state index contributed by atoms with van der Waals surface area (Å²) >= 11 is 0. The lowest BCUT2D eigenvalue weighted by Gasteiger charge is -2.07. The number of amides is 1. The van der Waals surface area contributed by atoms with E-state index in [-0.39, 0.29) is 11.3 Å². The Morgan fingerprint density at radius 2 is 1.74 bits per heavy atom. The maximum absolute atomic E-state index is 12.8. The second-order valence-electron chi connectivity index (χ2n) is 4.77. The Morgan fingerprint density at radius 1 is 1.04 bits per heavy atom. The zero-order valence-electron chi connectivity index (χ0n) is 12.3. The smallest absolute Gasteiger partial charge is 0.338 e. The van der Waals surface area contributed by atoms with Crippen LogP contribution in [0, 0.1) is 5.82 Å². The maximum atomic E-state index is 12.8. The van der Waals surface area contributed by atoms with Crippen LogP contribution in [0.25, 0.3) is 0 Å². The first kappa shape index (κ1) is 16.4. The van der Waals surface area contributed by atoms with Crippen molar-refractivity contribution in [2.75, 3.05) is 11.9 Å². The Bertz CT molecular complexity index is 741. The van der Waals surface area contributed by atoms with Crippen molar-refractivity contribution in [2.45, 2.75) is 6.92 Å². The average molecular weight is 315 g/mol. The largest absolute Gasteiger partial charge is 0.452 e. The fourth-order valence-corrected chi connectivity index (χ4v) is 1.81. The normalized spacial score (nSPS) is 10.0. The summed E-state index contributed by atoms with van der Waals surface area (Å²) in [4.78, 5) is 34.7. The minimum Gasteiger partial charge on any atom is -0.452 e. The molecule has 0 aromatic heterocycles. The molecule has 0 aliphatic rings. The molecule has 0 radical (unpaired) electrons. The summed E-state index contributed by atoms with van der Waals surface area (Å²) in [6.07, 6.45) is 0. The standard InChI is InChI=1S/C17H14FNO4/c1-11(20)13-3-2-4-15(9-13)19-16(21)10-23-17(22)12-5-7-14(18)8-6-12/h2-9H,10H2,1H3,(H,19,21). The van der Waals surface area contributed by atoms with Gasteiger partial charge in [-0.1, -0.05) is 12.1 Å². The molecule has 1 amide bonds. The van der Waals surface area contributed by atoms with E-state index >= 15 is 0 Å². The molecule has 0 unspecified atom stereocenters. The Balaban J connectivity index is 1.90. The van der Waals surface area contributed by atoms with E-state index in [0.717, 1.165) is 12.1 Å². The van der Waals surface area contributed by atoms with Crippen molar-refractivity contribution in [3.63, 3.8) is 0 Å². The van der Waals surface area contributed by atoms with Gasteiger partial charge in [0.15, 0.2) is 12.4 Å². The van der Waals surface area contributed by atoms with E-state index in [1.807, 2.05) is 0 Å². The fraction of sp³-hybridized carbons (Fsp3) is 0.118. The van der Waals surface area contributed by atoms with Crippen LogP contribution in [0.2, 0.25) is 0 Å². The molecule has 2 aromatic carbocycles. The van der Waals surface area contributed by atoms with Crippen molar-refractivity contribution in [3.8, 4) is 0 Å². The van der Waals surface area contributed by atoms with Gasteiger partial charge in [-0.3, -0.25) is 9.59 Å². The highest BCUT2D eigenvalue weighted by atomic mass is 19.1. The number of Topliss-reactive ketones (excluding diaryl/α,β-unsaturated/α-hetero) is 1. The van der Waals surface area contributed by atoms with Gasteiger partial charge in [0.2, 0.25) is 0 Å². The summed E-state index contributed by atoms with van der Waals surface area (Å²) < 4.78 is 17.6. The quantitative estimate of drug-likeness (QED) is 0.680. The molecule has 2 aromatic rings. The van der Waals surface area contributed by atoms with Gasteiger partial charge in [0.05, 0.1) is 5.56 Å². The Morgan fingerprint density at radius 3 is 2.39 bits per heavy atom. The van der Waals surface area contributed by atoms with Crippen molar-refractivity contribution in [1.29, 1.82) is 0 Å². The van der Waals surface area contributed by atoms with Crippen LogP contribution in [-0.4, -0.2) is 24.3 Å². The van der Waals surface area contributed by atoms with Gasteiger partial charge < -0.3 is 10.1 Å². The van der Waals surface area contributed by atoms with Gasteiger partial charge in [-0.15, -0.1) is 0 Å². The van der Waals surface area contributed by atoms with Crippen LogP contribution in [-0.2, 0) is 9.53 Å². The minimum absolute atomic E-state index is 0.121. The number of hydrogen-bond acceptors (Lipinski definition) is 4. The molecular weight excluding hydrogens is 301 g/mol. The predicted molar refractivity (Wildman–Crippen MR) is 81.8 cm³/mol. The van der Waals surface area contributed by atoms with Gasteiger partial charge >= 0.3 is 5.97 Å². The Hall–Kier alpha value is -3.02. The van der Waals surface area contributed by atoms with Gasteiger partial charge in [0.25, 0.3) is 5.91 Å². The van der Waals surface area contributed by atoms with Crippen molar-refractivity contribution in [1.82, 2.24) is 0 Å². The number of carbonyl (C=O) groups is 3. The van der Waals surface area contributed by atoms with Gasteiger partial charge in [0.1, 0.15) is 5.82 Å². The molecule has 0 aliphatic heterocycles. The number of esters is 1. The molecule has 0 fully saturated rings. The minimum atomic E-state index is -0.724. The molecule has 0 heterocycles. The van der Waals surface area contributed by atoms with Crippen molar-refractivity contribution in [2.24, 2.45) is 0 Å². The maximum Gasteiger partial charge on any atom is 0.338 e. The van der Waals surface area contributed by atoms with Gasteiger partial charge in [-0.2, -0.15) is 0 Å².